The van der Waals surface area contributed by atoms with Crippen LogP contribution in [0, 0.1) is 11.8 Å². The Labute approximate surface area is 120 Å². The molecule has 1 aliphatic carbocycles. The van der Waals surface area contributed by atoms with Gasteiger partial charge in [0, 0.05) is 24.2 Å². The molecule has 0 aromatic heterocycles. The minimum Gasteiger partial charge on any atom is -0.308 e. The van der Waals surface area contributed by atoms with E-state index in [0.717, 1.165) is 11.8 Å². The van der Waals surface area contributed by atoms with Crippen LogP contribution in [0.5, 0.6) is 0 Å². The van der Waals surface area contributed by atoms with Crippen molar-refractivity contribution < 1.29 is 0 Å². The molecule has 112 valence electrons. The van der Waals surface area contributed by atoms with E-state index in [1.807, 2.05) is 0 Å². The van der Waals surface area contributed by atoms with Crippen LogP contribution in [0.25, 0.3) is 0 Å². The van der Waals surface area contributed by atoms with Crippen LogP contribution in [0.2, 0.25) is 0 Å². The van der Waals surface area contributed by atoms with Crippen molar-refractivity contribution in [1.82, 2.24) is 10.2 Å². The standard InChI is InChI=1S/C17H34N2/c1-6-17(7-2)13-19(11-10-14(3)4)16(5,12-18-17)15-8-9-15/h14-15,18H,6-13H2,1-5H3. The van der Waals surface area contributed by atoms with Gasteiger partial charge in [0.05, 0.1) is 0 Å². The van der Waals surface area contributed by atoms with Crippen molar-refractivity contribution in [3.05, 3.63) is 0 Å². The smallest absolute Gasteiger partial charge is 0.0334 e. The molecule has 0 bridgehead atoms. The van der Waals surface area contributed by atoms with Crippen LogP contribution >= 0.6 is 0 Å². The lowest BCUT2D eigenvalue weighted by Gasteiger charge is -2.54. The molecule has 1 saturated heterocycles. The van der Waals surface area contributed by atoms with Gasteiger partial charge in [-0.2, -0.15) is 0 Å². The van der Waals surface area contributed by atoms with Gasteiger partial charge in [0.15, 0.2) is 0 Å². The summed E-state index contributed by atoms with van der Waals surface area (Å²) in [6.07, 6.45) is 6.74. The highest BCUT2D eigenvalue weighted by atomic mass is 15.3. The average molecular weight is 266 g/mol. The predicted molar refractivity (Wildman–Crippen MR) is 83.5 cm³/mol. The summed E-state index contributed by atoms with van der Waals surface area (Å²) in [5.41, 5.74) is 0.786. The highest BCUT2D eigenvalue weighted by Gasteiger charge is 2.50. The number of piperazine rings is 1. The number of nitrogens with zero attached hydrogens (tertiary/aromatic N) is 1. The summed E-state index contributed by atoms with van der Waals surface area (Å²) in [5.74, 6) is 1.76. The Bertz CT molecular complexity index is 292. The van der Waals surface area contributed by atoms with E-state index in [-0.39, 0.29) is 0 Å². The normalized spacial score (nSPS) is 31.9. The monoisotopic (exact) mass is 266 g/mol. The molecule has 0 aromatic rings. The summed E-state index contributed by atoms with van der Waals surface area (Å²) in [6.45, 7) is 15.6. The molecule has 1 heterocycles. The number of rotatable bonds is 6. The topological polar surface area (TPSA) is 15.3 Å². The first-order valence-corrected chi connectivity index (χ1v) is 8.46. The number of hydrogen-bond donors (Lipinski definition) is 1. The van der Waals surface area contributed by atoms with Gasteiger partial charge >= 0.3 is 0 Å². The first kappa shape index (κ1) is 15.3. The van der Waals surface area contributed by atoms with Crippen LogP contribution in [0.15, 0.2) is 0 Å². The quantitative estimate of drug-likeness (QED) is 0.789. The van der Waals surface area contributed by atoms with Gasteiger partial charge in [0.1, 0.15) is 0 Å². The second kappa shape index (κ2) is 5.73. The second-order valence-electron chi connectivity index (χ2n) is 7.58. The van der Waals surface area contributed by atoms with E-state index in [1.54, 1.807) is 0 Å². The van der Waals surface area contributed by atoms with Crippen molar-refractivity contribution in [2.75, 3.05) is 19.6 Å². The summed E-state index contributed by atoms with van der Waals surface area (Å²) >= 11 is 0. The van der Waals surface area contributed by atoms with Crippen molar-refractivity contribution >= 4 is 0 Å². The summed E-state index contributed by atoms with van der Waals surface area (Å²) in [6, 6.07) is 0. The van der Waals surface area contributed by atoms with Crippen LogP contribution in [0.1, 0.15) is 66.7 Å². The molecular formula is C17H34N2. The lowest BCUT2D eigenvalue weighted by molar-refractivity contribution is -0.00482. The first-order chi connectivity index (χ1) is 8.96. The molecular weight excluding hydrogens is 232 g/mol. The fourth-order valence-electron chi connectivity index (χ4n) is 3.66. The Morgan fingerprint density at radius 1 is 1.21 bits per heavy atom. The van der Waals surface area contributed by atoms with E-state index < -0.39 is 0 Å². The predicted octanol–water partition coefficient (Wildman–Crippen LogP) is 3.67. The molecule has 19 heavy (non-hydrogen) atoms. The van der Waals surface area contributed by atoms with Gasteiger partial charge in [0.2, 0.25) is 0 Å². The van der Waals surface area contributed by atoms with E-state index in [4.69, 9.17) is 0 Å². The zero-order valence-corrected chi connectivity index (χ0v) is 13.8. The van der Waals surface area contributed by atoms with Crippen LogP contribution in [-0.4, -0.2) is 35.6 Å². The largest absolute Gasteiger partial charge is 0.308 e. The van der Waals surface area contributed by atoms with E-state index >= 15 is 0 Å². The zero-order valence-electron chi connectivity index (χ0n) is 13.8. The molecule has 0 radical (unpaired) electrons. The molecule has 1 unspecified atom stereocenters. The molecule has 2 nitrogen and oxygen atoms in total. The maximum absolute atomic E-state index is 3.92. The molecule has 2 aliphatic rings. The summed E-state index contributed by atoms with van der Waals surface area (Å²) in [4.78, 5) is 2.84. The van der Waals surface area contributed by atoms with Gasteiger partial charge in [-0.3, -0.25) is 4.90 Å². The molecule has 1 saturated carbocycles. The summed E-state index contributed by atoms with van der Waals surface area (Å²) < 4.78 is 0. The van der Waals surface area contributed by atoms with Gasteiger partial charge < -0.3 is 5.32 Å². The van der Waals surface area contributed by atoms with E-state index in [1.165, 1.54) is 51.7 Å². The van der Waals surface area contributed by atoms with Crippen molar-refractivity contribution in [3.8, 4) is 0 Å². The average Bonchev–Trinajstić information content (AvgIpc) is 3.23. The van der Waals surface area contributed by atoms with Crippen LogP contribution < -0.4 is 5.32 Å². The molecule has 1 N–H and O–H groups in total. The summed E-state index contributed by atoms with van der Waals surface area (Å²) in [5, 5.41) is 3.92. The van der Waals surface area contributed by atoms with Crippen LogP contribution in [0.3, 0.4) is 0 Å². The Morgan fingerprint density at radius 3 is 2.32 bits per heavy atom. The van der Waals surface area contributed by atoms with Crippen molar-refractivity contribution in [3.63, 3.8) is 0 Å². The summed E-state index contributed by atoms with van der Waals surface area (Å²) in [7, 11) is 0. The van der Waals surface area contributed by atoms with Crippen molar-refractivity contribution in [2.24, 2.45) is 11.8 Å². The molecule has 0 amide bonds. The lowest BCUT2D eigenvalue weighted by atomic mass is 9.81. The molecule has 0 spiro atoms. The highest BCUT2D eigenvalue weighted by Crippen LogP contribution is 2.45. The van der Waals surface area contributed by atoms with Gasteiger partial charge in [-0.15, -0.1) is 0 Å². The van der Waals surface area contributed by atoms with Crippen LogP contribution in [0.4, 0.5) is 0 Å². The first-order valence-electron chi connectivity index (χ1n) is 8.46. The number of nitrogens with one attached hydrogen (secondary N) is 1. The SMILES string of the molecule is CCC1(CC)CN(CCC(C)C)C(C)(C2CC2)CN1. The van der Waals surface area contributed by atoms with E-state index in [0.29, 0.717) is 11.1 Å². The lowest BCUT2D eigenvalue weighted by Crippen LogP contribution is -2.69. The van der Waals surface area contributed by atoms with Gasteiger partial charge in [-0.1, -0.05) is 27.7 Å². The third-order valence-electron chi connectivity index (χ3n) is 5.82. The second-order valence-corrected chi connectivity index (χ2v) is 7.58. The molecule has 2 rings (SSSR count). The minimum absolute atomic E-state index is 0.366. The molecule has 0 aromatic carbocycles. The third-order valence-corrected chi connectivity index (χ3v) is 5.82. The fourth-order valence-corrected chi connectivity index (χ4v) is 3.66. The molecule has 2 fully saturated rings. The maximum atomic E-state index is 3.92. The van der Waals surface area contributed by atoms with Gasteiger partial charge in [-0.05, 0) is 57.4 Å². The van der Waals surface area contributed by atoms with Crippen molar-refractivity contribution in [1.29, 1.82) is 0 Å². The highest BCUT2D eigenvalue weighted by molar-refractivity contribution is 5.08. The number of hydrogen-bond acceptors (Lipinski definition) is 2. The van der Waals surface area contributed by atoms with Crippen LogP contribution in [-0.2, 0) is 0 Å². The minimum atomic E-state index is 0.366. The van der Waals surface area contributed by atoms with Gasteiger partial charge in [0.25, 0.3) is 0 Å². The van der Waals surface area contributed by atoms with Gasteiger partial charge in [-0.25, -0.2) is 0 Å². The molecule has 1 atom stereocenters. The van der Waals surface area contributed by atoms with E-state index in [9.17, 15) is 0 Å². The Hall–Kier alpha value is -0.0800. The molecule has 2 heteroatoms. The Kier molecular flexibility index (Phi) is 4.62. The fraction of sp³-hybridized carbons (Fsp3) is 1.00. The van der Waals surface area contributed by atoms with E-state index in [2.05, 4.69) is 44.8 Å². The third kappa shape index (κ3) is 3.16. The Morgan fingerprint density at radius 2 is 1.84 bits per heavy atom. The molecule has 1 aliphatic heterocycles. The van der Waals surface area contributed by atoms with Crippen molar-refractivity contribution in [2.45, 2.75) is 77.8 Å². The Balaban J connectivity index is 2.09. The zero-order chi connectivity index (χ0) is 14.1. The maximum Gasteiger partial charge on any atom is 0.0334 e.